The van der Waals surface area contributed by atoms with Gasteiger partial charge >= 0.3 is 0 Å². The van der Waals surface area contributed by atoms with E-state index in [1.807, 2.05) is 0 Å². The van der Waals surface area contributed by atoms with Gasteiger partial charge in [0.25, 0.3) is 0 Å². The maximum Gasteiger partial charge on any atom is 0.208 e. The maximum atomic E-state index is 9.83. The molecule has 1 N–H and O–H groups in total. The summed E-state index contributed by atoms with van der Waals surface area (Å²) in [7, 11) is 0. The largest absolute Gasteiger partial charge is 0.393 e. The minimum absolute atomic E-state index is 0.0737. The Kier molecular flexibility index (Phi) is 2.86. The Morgan fingerprint density at radius 2 is 1.78 bits per heavy atom. The monoisotopic (exact) mass is 267 g/mol. The summed E-state index contributed by atoms with van der Waals surface area (Å²) < 4.78 is 0. The van der Waals surface area contributed by atoms with Gasteiger partial charge in [0.2, 0.25) is 5.13 Å². The Hall–Kier alpha value is -0.680. The minimum atomic E-state index is -0.117. The fourth-order valence-electron chi connectivity index (χ4n) is 3.08. The Morgan fingerprint density at radius 1 is 1.17 bits per heavy atom. The third-order valence-corrected chi connectivity index (χ3v) is 5.35. The predicted molar refractivity (Wildman–Crippen MR) is 73.1 cm³/mol. The molecule has 3 heterocycles. The lowest BCUT2D eigenvalue weighted by atomic mass is 9.98. The second-order valence-electron chi connectivity index (χ2n) is 6.56. The van der Waals surface area contributed by atoms with Crippen LogP contribution in [0, 0.1) is 0 Å². The summed E-state index contributed by atoms with van der Waals surface area (Å²) >= 11 is 1.72. The molecule has 2 atom stereocenters. The second kappa shape index (κ2) is 4.17. The summed E-state index contributed by atoms with van der Waals surface area (Å²) in [6, 6.07) is 0.944. The van der Waals surface area contributed by atoms with E-state index in [4.69, 9.17) is 0 Å². The van der Waals surface area contributed by atoms with Gasteiger partial charge < -0.3 is 10.0 Å². The van der Waals surface area contributed by atoms with E-state index in [0.717, 1.165) is 23.0 Å². The molecule has 2 aliphatic heterocycles. The molecular formula is C13H21N3OS. The Morgan fingerprint density at radius 3 is 2.28 bits per heavy atom. The fraction of sp³-hybridized carbons (Fsp3) is 0.846. The molecule has 2 bridgehead atoms. The van der Waals surface area contributed by atoms with Gasteiger partial charge in [0.1, 0.15) is 5.01 Å². The van der Waals surface area contributed by atoms with Gasteiger partial charge in [-0.2, -0.15) is 0 Å². The van der Waals surface area contributed by atoms with Crippen molar-refractivity contribution in [3.8, 4) is 0 Å². The van der Waals surface area contributed by atoms with E-state index in [2.05, 4.69) is 35.9 Å². The highest BCUT2D eigenvalue weighted by molar-refractivity contribution is 7.15. The van der Waals surface area contributed by atoms with Gasteiger partial charge in [-0.15, -0.1) is 10.2 Å². The molecule has 2 fully saturated rings. The summed E-state index contributed by atoms with van der Waals surface area (Å²) in [5, 5.41) is 20.7. The van der Waals surface area contributed by atoms with E-state index in [1.54, 1.807) is 11.3 Å². The number of nitrogens with zero attached hydrogens (tertiary/aromatic N) is 3. The van der Waals surface area contributed by atoms with Crippen LogP contribution in [0.25, 0.3) is 0 Å². The molecule has 2 saturated heterocycles. The van der Waals surface area contributed by atoms with Crippen molar-refractivity contribution >= 4 is 16.5 Å². The molecule has 0 spiro atoms. The lowest BCUT2D eigenvalue weighted by Gasteiger charge is -2.36. The summed E-state index contributed by atoms with van der Waals surface area (Å²) in [6.07, 6.45) is 4.04. The van der Waals surface area contributed by atoms with Gasteiger partial charge in [-0.1, -0.05) is 32.1 Å². The van der Waals surface area contributed by atoms with Crippen molar-refractivity contribution in [1.82, 2.24) is 10.2 Å². The number of aromatic nitrogens is 2. The molecule has 18 heavy (non-hydrogen) atoms. The molecular weight excluding hydrogens is 246 g/mol. The molecule has 1 aromatic rings. The van der Waals surface area contributed by atoms with Crippen molar-refractivity contribution in [2.75, 3.05) is 4.90 Å². The Bertz CT molecular complexity index is 426. The molecule has 4 nitrogen and oxygen atoms in total. The molecule has 5 heteroatoms. The number of rotatable bonds is 1. The normalized spacial score (nSPS) is 32.0. The molecule has 2 unspecified atom stereocenters. The molecule has 0 amide bonds. The van der Waals surface area contributed by atoms with Crippen LogP contribution in [0.1, 0.15) is 51.5 Å². The molecule has 0 saturated carbocycles. The first-order chi connectivity index (χ1) is 8.45. The lowest BCUT2D eigenvalue weighted by molar-refractivity contribution is 0.126. The van der Waals surface area contributed by atoms with Crippen molar-refractivity contribution in [2.45, 2.75) is 70.1 Å². The van der Waals surface area contributed by atoms with Crippen LogP contribution in [0.4, 0.5) is 5.13 Å². The number of aliphatic hydroxyl groups is 1. The molecule has 1 aromatic heterocycles. The zero-order valence-corrected chi connectivity index (χ0v) is 12.1. The molecule has 3 rings (SSSR count). The van der Waals surface area contributed by atoms with E-state index < -0.39 is 0 Å². The highest BCUT2D eigenvalue weighted by Gasteiger charge is 2.42. The predicted octanol–water partition coefficient (Wildman–Crippen LogP) is 2.33. The minimum Gasteiger partial charge on any atom is -0.393 e. The average molecular weight is 267 g/mol. The first kappa shape index (κ1) is 12.4. The zero-order chi connectivity index (χ0) is 12.9. The standard InChI is InChI=1S/C13H21N3OS/c1-13(2,3)11-14-15-12(18-11)16-8-4-5-9(16)7-10(17)6-8/h8-10,17H,4-7H2,1-3H3. The number of piperidine rings is 1. The average Bonchev–Trinajstić information content (AvgIpc) is 2.81. The van der Waals surface area contributed by atoms with Gasteiger partial charge in [-0.3, -0.25) is 0 Å². The van der Waals surface area contributed by atoms with Crippen molar-refractivity contribution < 1.29 is 5.11 Å². The van der Waals surface area contributed by atoms with Crippen LogP contribution in [0.3, 0.4) is 0 Å². The van der Waals surface area contributed by atoms with E-state index in [1.165, 1.54) is 12.8 Å². The quantitative estimate of drug-likeness (QED) is 0.848. The number of hydrogen-bond acceptors (Lipinski definition) is 5. The second-order valence-corrected chi connectivity index (χ2v) is 7.51. The van der Waals surface area contributed by atoms with Gasteiger partial charge in [0, 0.05) is 17.5 Å². The van der Waals surface area contributed by atoms with Gasteiger partial charge in [-0.05, 0) is 25.7 Å². The first-order valence-corrected chi connectivity index (χ1v) is 7.57. The fourth-order valence-corrected chi connectivity index (χ4v) is 4.13. The van der Waals surface area contributed by atoms with Gasteiger partial charge in [0.05, 0.1) is 6.10 Å². The van der Waals surface area contributed by atoms with Crippen molar-refractivity contribution in [3.05, 3.63) is 5.01 Å². The third-order valence-electron chi connectivity index (χ3n) is 3.99. The molecule has 100 valence electrons. The Labute approximate surface area is 112 Å². The van der Waals surface area contributed by atoms with Crippen molar-refractivity contribution in [1.29, 1.82) is 0 Å². The molecule has 2 aliphatic rings. The summed E-state index contributed by atoms with van der Waals surface area (Å²) in [5.41, 5.74) is 0.0737. The van der Waals surface area contributed by atoms with Crippen molar-refractivity contribution in [3.63, 3.8) is 0 Å². The number of fused-ring (bicyclic) bond motifs is 2. The maximum absolute atomic E-state index is 9.83. The number of hydrogen-bond donors (Lipinski definition) is 1. The molecule has 0 aliphatic carbocycles. The van der Waals surface area contributed by atoms with Crippen LogP contribution >= 0.6 is 11.3 Å². The summed E-state index contributed by atoms with van der Waals surface area (Å²) in [5.74, 6) is 0. The van der Waals surface area contributed by atoms with E-state index in [9.17, 15) is 5.11 Å². The lowest BCUT2D eigenvalue weighted by Crippen LogP contribution is -2.44. The van der Waals surface area contributed by atoms with Gasteiger partial charge in [-0.25, -0.2) is 0 Å². The van der Waals surface area contributed by atoms with Crippen LogP contribution in [-0.4, -0.2) is 33.5 Å². The van der Waals surface area contributed by atoms with Crippen LogP contribution < -0.4 is 4.90 Å². The number of aliphatic hydroxyl groups excluding tert-OH is 1. The Balaban J connectivity index is 1.86. The van der Waals surface area contributed by atoms with E-state index in [-0.39, 0.29) is 11.5 Å². The van der Waals surface area contributed by atoms with Gasteiger partial charge in [0.15, 0.2) is 0 Å². The van der Waals surface area contributed by atoms with Crippen molar-refractivity contribution in [2.24, 2.45) is 0 Å². The first-order valence-electron chi connectivity index (χ1n) is 6.75. The number of anilines is 1. The van der Waals surface area contributed by atoms with E-state index in [0.29, 0.717) is 12.1 Å². The zero-order valence-electron chi connectivity index (χ0n) is 11.3. The molecule has 0 aromatic carbocycles. The van der Waals surface area contributed by atoms with Crippen LogP contribution in [0.5, 0.6) is 0 Å². The molecule has 0 radical (unpaired) electrons. The van der Waals surface area contributed by atoms with E-state index >= 15 is 0 Å². The SMILES string of the molecule is CC(C)(C)c1nnc(N2C3CCC2CC(O)C3)s1. The summed E-state index contributed by atoms with van der Waals surface area (Å²) in [4.78, 5) is 2.42. The van der Waals surface area contributed by atoms with Crippen LogP contribution in [-0.2, 0) is 5.41 Å². The highest BCUT2D eigenvalue weighted by Crippen LogP contribution is 2.41. The van der Waals surface area contributed by atoms with Crippen LogP contribution in [0.2, 0.25) is 0 Å². The highest BCUT2D eigenvalue weighted by atomic mass is 32.1. The third kappa shape index (κ3) is 2.03. The smallest absolute Gasteiger partial charge is 0.208 e. The van der Waals surface area contributed by atoms with Crippen LogP contribution in [0.15, 0.2) is 0 Å². The summed E-state index contributed by atoms with van der Waals surface area (Å²) in [6.45, 7) is 6.52. The topological polar surface area (TPSA) is 49.2 Å².